The molecule has 90 valence electrons. The molecule has 1 heteroatoms. The molecule has 3 fully saturated rings. The van der Waals surface area contributed by atoms with Crippen molar-refractivity contribution in [1.82, 2.24) is 0 Å². The van der Waals surface area contributed by atoms with Crippen LogP contribution in [0.2, 0.25) is 0 Å². The van der Waals surface area contributed by atoms with Crippen molar-refractivity contribution in [3.8, 4) is 0 Å². The Balaban J connectivity index is 2.13. The molecule has 3 aliphatic carbocycles. The lowest BCUT2D eigenvalue weighted by atomic mass is 9.55. The topological polar surface area (TPSA) is 17.1 Å². The minimum absolute atomic E-state index is 0.318. The zero-order valence-corrected chi connectivity index (χ0v) is 11.1. The summed E-state index contributed by atoms with van der Waals surface area (Å²) in [6, 6.07) is 0. The fraction of sp³-hybridized carbons (Fsp3) is 0.933. The second-order valence-electron chi connectivity index (χ2n) is 7.52. The molecule has 0 saturated heterocycles. The van der Waals surface area contributed by atoms with Crippen molar-refractivity contribution in [2.24, 2.45) is 28.1 Å². The molecule has 0 spiro atoms. The monoisotopic (exact) mass is 220 g/mol. The molecule has 2 bridgehead atoms. The van der Waals surface area contributed by atoms with Crippen molar-refractivity contribution < 1.29 is 4.79 Å². The summed E-state index contributed by atoms with van der Waals surface area (Å²) in [6.07, 6.45) is 5.95. The summed E-state index contributed by atoms with van der Waals surface area (Å²) in [5.74, 6) is 1.71. The second-order valence-corrected chi connectivity index (χ2v) is 7.52. The van der Waals surface area contributed by atoms with Crippen LogP contribution in [0.15, 0.2) is 0 Å². The van der Waals surface area contributed by atoms with Crippen LogP contribution >= 0.6 is 0 Å². The van der Waals surface area contributed by atoms with Crippen LogP contribution in [0.5, 0.6) is 0 Å². The summed E-state index contributed by atoms with van der Waals surface area (Å²) in [5, 5.41) is 0. The van der Waals surface area contributed by atoms with Gasteiger partial charge in [-0.3, -0.25) is 4.79 Å². The highest BCUT2D eigenvalue weighted by Crippen LogP contribution is 2.77. The third-order valence-electron chi connectivity index (χ3n) is 6.70. The molecule has 0 radical (unpaired) electrons. The zero-order chi connectivity index (χ0) is 11.8. The van der Waals surface area contributed by atoms with E-state index >= 15 is 0 Å². The van der Waals surface area contributed by atoms with E-state index in [0.29, 0.717) is 27.9 Å². The van der Waals surface area contributed by atoms with Gasteiger partial charge in [0.2, 0.25) is 0 Å². The van der Waals surface area contributed by atoms with Crippen LogP contribution in [0.25, 0.3) is 0 Å². The van der Waals surface area contributed by atoms with Gasteiger partial charge in [0.25, 0.3) is 0 Å². The van der Waals surface area contributed by atoms with E-state index in [1.807, 2.05) is 0 Å². The molecule has 3 rings (SSSR count). The summed E-state index contributed by atoms with van der Waals surface area (Å²) < 4.78 is 0. The molecule has 0 aromatic rings. The lowest BCUT2D eigenvalue weighted by Crippen LogP contribution is -2.46. The van der Waals surface area contributed by atoms with E-state index in [9.17, 15) is 4.79 Å². The Hall–Kier alpha value is -0.330. The number of carbonyl (C=O) groups is 1. The maximum Gasteiger partial charge on any atom is 0.136 e. The molecule has 4 atom stereocenters. The maximum atomic E-state index is 12.1. The van der Waals surface area contributed by atoms with Crippen molar-refractivity contribution in [2.75, 3.05) is 0 Å². The van der Waals surface area contributed by atoms with Gasteiger partial charge in [0.15, 0.2) is 0 Å². The van der Waals surface area contributed by atoms with E-state index in [4.69, 9.17) is 0 Å². The second kappa shape index (κ2) is 2.73. The summed E-state index contributed by atoms with van der Waals surface area (Å²) in [5.41, 5.74) is 1.28. The van der Waals surface area contributed by atoms with E-state index in [2.05, 4.69) is 27.7 Å². The molecule has 1 nitrogen and oxygen atoms in total. The summed E-state index contributed by atoms with van der Waals surface area (Å²) in [4.78, 5) is 12.1. The third-order valence-corrected chi connectivity index (χ3v) is 6.70. The first-order chi connectivity index (χ1) is 7.33. The van der Waals surface area contributed by atoms with E-state index < -0.39 is 0 Å². The Morgan fingerprint density at radius 3 is 2.50 bits per heavy atom. The highest BCUT2D eigenvalue weighted by Gasteiger charge is 2.71. The highest BCUT2D eigenvalue weighted by molar-refractivity contribution is 5.83. The average molecular weight is 220 g/mol. The number of hydrogen-bond acceptors (Lipinski definition) is 1. The average Bonchev–Trinajstić information content (AvgIpc) is 2.57. The van der Waals surface area contributed by atoms with Crippen LogP contribution in [0.4, 0.5) is 0 Å². The molecule has 0 aromatic carbocycles. The molecule has 3 aliphatic rings. The number of ketones is 1. The minimum atomic E-state index is 0.318. The SMILES string of the molecule is C[C@@H]1C(=O)CC[C@@]2(C)[C@@H]3CC[C@@]12CC3(C)C. The Labute approximate surface area is 99.0 Å². The first-order valence-corrected chi connectivity index (χ1v) is 6.86. The third kappa shape index (κ3) is 0.926. The van der Waals surface area contributed by atoms with E-state index in [1.165, 1.54) is 19.3 Å². The van der Waals surface area contributed by atoms with Gasteiger partial charge in [-0.2, -0.15) is 0 Å². The fourth-order valence-electron chi connectivity index (χ4n) is 6.03. The maximum absolute atomic E-state index is 12.1. The zero-order valence-electron chi connectivity index (χ0n) is 11.1. The quantitative estimate of drug-likeness (QED) is 0.606. The van der Waals surface area contributed by atoms with Crippen LogP contribution in [-0.2, 0) is 4.79 Å². The van der Waals surface area contributed by atoms with Crippen LogP contribution in [0, 0.1) is 28.1 Å². The van der Waals surface area contributed by atoms with E-state index in [0.717, 1.165) is 18.8 Å². The predicted octanol–water partition coefficient (Wildman–Crippen LogP) is 3.82. The molecule has 0 aromatic heterocycles. The molecule has 0 unspecified atom stereocenters. The van der Waals surface area contributed by atoms with Gasteiger partial charge in [0.1, 0.15) is 5.78 Å². The summed E-state index contributed by atoms with van der Waals surface area (Å²) in [6.45, 7) is 9.56. The Morgan fingerprint density at radius 1 is 1.19 bits per heavy atom. The number of rotatable bonds is 0. The molecule has 0 heterocycles. The summed E-state index contributed by atoms with van der Waals surface area (Å²) in [7, 11) is 0. The number of hydrogen-bond donors (Lipinski definition) is 0. The van der Waals surface area contributed by atoms with Gasteiger partial charge in [-0.1, -0.05) is 27.7 Å². The normalized spacial score (nSPS) is 54.1. The predicted molar refractivity (Wildman–Crippen MR) is 65.1 cm³/mol. The molecule has 0 amide bonds. The van der Waals surface area contributed by atoms with Crippen LogP contribution in [0.1, 0.15) is 59.8 Å². The molecular formula is C15H24O. The molecule has 3 saturated carbocycles. The van der Waals surface area contributed by atoms with Gasteiger partial charge < -0.3 is 0 Å². The van der Waals surface area contributed by atoms with Crippen molar-refractivity contribution in [3.05, 3.63) is 0 Å². The van der Waals surface area contributed by atoms with Crippen LogP contribution in [-0.4, -0.2) is 5.78 Å². The van der Waals surface area contributed by atoms with Crippen molar-refractivity contribution >= 4 is 5.78 Å². The van der Waals surface area contributed by atoms with Gasteiger partial charge in [0.05, 0.1) is 0 Å². The Bertz CT molecular complexity index is 356. The van der Waals surface area contributed by atoms with Gasteiger partial charge in [-0.05, 0) is 47.8 Å². The summed E-state index contributed by atoms with van der Waals surface area (Å²) >= 11 is 0. The van der Waals surface area contributed by atoms with Crippen molar-refractivity contribution in [3.63, 3.8) is 0 Å². The van der Waals surface area contributed by atoms with Gasteiger partial charge in [-0.25, -0.2) is 0 Å². The molecule has 16 heavy (non-hydrogen) atoms. The largest absolute Gasteiger partial charge is 0.299 e. The fourth-order valence-corrected chi connectivity index (χ4v) is 6.03. The van der Waals surface area contributed by atoms with E-state index in [-0.39, 0.29) is 0 Å². The molecular weight excluding hydrogens is 196 g/mol. The van der Waals surface area contributed by atoms with Crippen LogP contribution in [0.3, 0.4) is 0 Å². The lowest BCUT2D eigenvalue weighted by Gasteiger charge is -2.48. The first kappa shape index (κ1) is 10.8. The van der Waals surface area contributed by atoms with Gasteiger partial charge >= 0.3 is 0 Å². The minimum Gasteiger partial charge on any atom is -0.299 e. The van der Waals surface area contributed by atoms with Crippen molar-refractivity contribution in [1.29, 1.82) is 0 Å². The number of Topliss-reactive ketones (excluding diaryl/α,β-unsaturated/α-hetero) is 1. The molecule has 0 N–H and O–H groups in total. The Morgan fingerprint density at radius 2 is 1.88 bits per heavy atom. The van der Waals surface area contributed by atoms with Gasteiger partial charge in [0, 0.05) is 12.3 Å². The molecule has 0 aliphatic heterocycles. The lowest BCUT2D eigenvalue weighted by molar-refractivity contribution is -0.136. The van der Waals surface area contributed by atoms with Crippen molar-refractivity contribution in [2.45, 2.75) is 59.8 Å². The van der Waals surface area contributed by atoms with Gasteiger partial charge in [-0.15, -0.1) is 0 Å². The Kier molecular flexibility index (Phi) is 1.85. The van der Waals surface area contributed by atoms with E-state index in [1.54, 1.807) is 0 Å². The smallest absolute Gasteiger partial charge is 0.136 e. The number of carbonyl (C=O) groups excluding carboxylic acids is 1. The van der Waals surface area contributed by atoms with Crippen LogP contribution < -0.4 is 0 Å². The standard InChI is InChI=1S/C15H24O/c1-10-11(16)5-7-14(4)12-6-8-15(10,14)9-13(12,2)3/h10,12H,5-9H2,1-4H3/t10-,12-,14+,15-/m1/s1. The highest BCUT2D eigenvalue weighted by atomic mass is 16.1. The first-order valence-electron chi connectivity index (χ1n) is 6.86.